The fraction of sp³-hybridized carbons (Fsp3) is 0.296. The second-order valence-corrected chi connectivity index (χ2v) is 10.5. The standard InChI is InChI=1S/C27H29N3O4S2/c1-17(2)13-14-34-21-12-11-19(15-22(21)33-5)16-23-25(31)29(27(35)36-23)24-18(3)28(4)30(26(24)32)20-9-7-6-8-10-20/h6-12,15-17H,13-14H2,1-5H3/b23-16-. The maximum Gasteiger partial charge on any atom is 0.296 e. The van der Waals surface area contributed by atoms with E-state index < -0.39 is 0 Å². The molecule has 0 unspecified atom stereocenters. The van der Waals surface area contributed by atoms with Crippen LogP contribution in [0.4, 0.5) is 5.69 Å². The molecule has 2 heterocycles. The van der Waals surface area contributed by atoms with Gasteiger partial charge in [-0.05, 0) is 55.2 Å². The van der Waals surface area contributed by atoms with Gasteiger partial charge in [-0.2, -0.15) is 0 Å². The number of carbonyl (C=O) groups is 1. The fourth-order valence-corrected chi connectivity index (χ4v) is 5.19. The molecule has 1 aromatic heterocycles. The predicted molar refractivity (Wildman–Crippen MR) is 149 cm³/mol. The van der Waals surface area contributed by atoms with Gasteiger partial charge in [-0.1, -0.05) is 62.1 Å². The van der Waals surface area contributed by atoms with Crippen LogP contribution in [-0.4, -0.2) is 33.3 Å². The fourth-order valence-electron chi connectivity index (χ4n) is 3.92. The van der Waals surface area contributed by atoms with Crippen LogP contribution in [0.3, 0.4) is 0 Å². The topological polar surface area (TPSA) is 65.7 Å². The molecule has 7 nitrogen and oxygen atoms in total. The highest BCUT2D eigenvalue weighted by atomic mass is 32.2. The first-order valence-electron chi connectivity index (χ1n) is 11.7. The summed E-state index contributed by atoms with van der Waals surface area (Å²) in [5.74, 6) is 1.46. The molecule has 1 aliphatic heterocycles. The Hall–Kier alpha value is -3.30. The van der Waals surface area contributed by atoms with Crippen molar-refractivity contribution in [3.8, 4) is 17.2 Å². The summed E-state index contributed by atoms with van der Waals surface area (Å²) in [4.78, 5) is 28.6. The maximum atomic E-state index is 13.4. The van der Waals surface area contributed by atoms with Crippen LogP contribution in [-0.2, 0) is 11.8 Å². The van der Waals surface area contributed by atoms with Crippen molar-refractivity contribution in [2.45, 2.75) is 27.2 Å². The molecule has 2 aromatic carbocycles. The van der Waals surface area contributed by atoms with E-state index in [9.17, 15) is 9.59 Å². The van der Waals surface area contributed by atoms with E-state index in [1.54, 1.807) is 31.8 Å². The van der Waals surface area contributed by atoms with Gasteiger partial charge in [-0.25, -0.2) is 4.68 Å². The summed E-state index contributed by atoms with van der Waals surface area (Å²) in [6.07, 6.45) is 2.70. The molecule has 0 N–H and O–H groups in total. The third-order valence-corrected chi connectivity index (χ3v) is 7.28. The Bertz CT molecular complexity index is 1390. The van der Waals surface area contributed by atoms with Crippen LogP contribution in [0.2, 0.25) is 0 Å². The third kappa shape index (κ3) is 4.99. The van der Waals surface area contributed by atoms with Gasteiger partial charge in [0.15, 0.2) is 15.8 Å². The minimum absolute atomic E-state index is 0.263. The molecule has 3 aromatic rings. The highest BCUT2D eigenvalue weighted by molar-refractivity contribution is 8.27. The summed E-state index contributed by atoms with van der Waals surface area (Å²) in [6, 6.07) is 14.8. The van der Waals surface area contributed by atoms with Crippen LogP contribution < -0.4 is 19.9 Å². The summed E-state index contributed by atoms with van der Waals surface area (Å²) >= 11 is 6.72. The molecule has 1 saturated heterocycles. The molecule has 0 spiro atoms. The molecule has 188 valence electrons. The van der Waals surface area contributed by atoms with Crippen molar-refractivity contribution < 1.29 is 14.3 Å². The molecule has 36 heavy (non-hydrogen) atoms. The lowest BCUT2D eigenvalue weighted by Gasteiger charge is -2.13. The van der Waals surface area contributed by atoms with E-state index in [1.165, 1.54) is 21.3 Å². The number of rotatable bonds is 8. The van der Waals surface area contributed by atoms with E-state index in [4.69, 9.17) is 21.7 Å². The van der Waals surface area contributed by atoms with Crippen molar-refractivity contribution in [2.75, 3.05) is 18.6 Å². The zero-order chi connectivity index (χ0) is 26.0. The molecule has 4 rings (SSSR count). The summed E-state index contributed by atoms with van der Waals surface area (Å²) in [5.41, 5.74) is 2.09. The molecule has 1 amide bonds. The summed E-state index contributed by atoms with van der Waals surface area (Å²) < 4.78 is 15.0. The van der Waals surface area contributed by atoms with Crippen LogP contribution in [0.1, 0.15) is 31.5 Å². The van der Waals surface area contributed by atoms with Crippen molar-refractivity contribution in [3.63, 3.8) is 0 Å². The zero-order valence-electron chi connectivity index (χ0n) is 21.0. The number of ether oxygens (including phenoxy) is 2. The Morgan fingerprint density at radius 2 is 1.81 bits per heavy atom. The van der Waals surface area contributed by atoms with Crippen LogP contribution >= 0.6 is 24.0 Å². The van der Waals surface area contributed by atoms with Gasteiger partial charge < -0.3 is 9.47 Å². The summed E-state index contributed by atoms with van der Waals surface area (Å²) in [7, 11) is 3.38. The molecule has 0 radical (unpaired) electrons. The molecular weight excluding hydrogens is 494 g/mol. The Kier molecular flexibility index (Phi) is 7.70. The number of thiocarbonyl (C=S) groups is 1. The lowest BCUT2D eigenvalue weighted by Crippen LogP contribution is -2.33. The van der Waals surface area contributed by atoms with E-state index in [-0.39, 0.29) is 17.2 Å². The largest absolute Gasteiger partial charge is 0.493 e. The monoisotopic (exact) mass is 523 g/mol. The van der Waals surface area contributed by atoms with Crippen molar-refractivity contribution in [2.24, 2.45) is 13.0 Å². The van der Waals surface area contributed by atoms with Crippen LogP contribution in [0.15, 0.2) is 58.2 Å². The van der Waals surface area contributed by atoms with Crippen molar-refractivity contribution in [1.29, 1.82) is 0 Å². The number of amides is 1. The highest BCUT2D eigenvalue weighted by Crippen LogP contribution is 2.37. The molecule has 0 bridgehead atoms. The van der Waals surface area contributed by atoms with Crippen molar-refractivity contribution >= 4 is 46.0 Å². The Morgan fingerprint density at radius 1 is 1.08 bits per heavy atom. The minimum atomic E-state index is -0.327. The first-order valence-corrected chi connectivity index (χ1v) is 12.9. The third-order valence-electron chi connectivity index (χ3n) is 5.98. The number of benzene rings is 2. The minimum Gasteiger partial charge on any atom is -0.493 e. The number of para-hydroxylation sites is 1. The molecule has 9 heteroatoms. The number of hydrogen-bond donors (Lipinski definition) is 0. The number of aromatic nitrogens is 2. The average molecular weight is 524 g/mol. The first-order chi connectivity index (χ1) is 17.2. The van der Waals surface area contributed by atoms with Gasteiger partial charge >= 0.3 is 0 Å². The average Bonchev–Trinajstić information content (AvgIpc) is 3.24. The van der Waals surface area contributed by atoms with Gasteiger partial charge in [-0.15, -0.1) is 0 Å². The number of nitrogens with zero attached hydrogens (tertiary/aromatic N) is 3. The second-order valence-electron chi connectivity index (χ2n) is 8.87. The maximum absolute atomic E-state index is 13.4. The Labute approximate surface area is 220 Å². The van der Waals surface area contributed by atoms with Gasteiger partial charge in [0.25, 0.3) is 11.5 Å². The molecule has 1 fully saturated rings. The number of thioether (sulfide) groups is 1. The first kappa shape index (κ1) is 25.8. The van der Waals surface area contributed by atoms with E-state index in [2.05, 4.69) is 13.8 Å². The van der Waals surface area contributed by atoms with Crippen LogP contribution in [0.25, 0.3) is 11.8 Å². The number of carbonyl (C=O) groups excluding carboxylic acids is 1. The lowest BCUT2D eigenvalue weighted by molar-refractivity contribution is -0.113. The van der Waals surface area contributed by atoms with E-state index in [0.29, 0.717) is 44.6 Å². The predicted octanol–water partition coefficient (Wildman–Crippen LogP) is 5.32. The van der Waals surface area contributed by atoms with E-state index in [1.807, 2.05) is 48.5 Å². The molecule has 1 aliphatic rings. The number of hydrogen-bond acceptors (Lipinski definition) is 6. The van der Waals surface area contributed by atoms with Crippen molar-refractivity contribution in [3.05, 3.63) is 75.0 Å². The van der Waals surface area contributed by atoms with Gasteiger partial charge in [0.05, 0.1) is 30.0 Å². The Balaban J connectivity index is 1.64. The van der Waals surface area contributed by atoms with Gasteiger partial charge in [-0.3, -0.25) is 19.2 Å². The lowest BCUT2D eigenvalue weighted by atomic mass is 10.1. The number of anilines is 1. The van der Waals surface area contributed by atoms with Gasteiger partial charge in [0, 0.05) is 7.05 Å². The van der Waals surface area contributed by atoms with Crippen LogP contribution in [0, 0.1) is 12.8 Å². The number of methoxy groups -OCH3 is 1. The van der Waals surface area contributed by atoms with E-state index >= 15 is 0 Å². The van der Waals surface area contributed by atoms with Crippen LogP contribution in [0.5, 0.6) is 11.5 Å². The highest BCUT2D eigenvalue weighted by Gasteiger charge is 2.37. The molecular formula is C27H29N3O4S2. The second kappa shape index (κ2) is 10.8. The zero-order valence-corrected chi connectivity index (χ0v) is 22.6. The van der Waals surface area contributed by atoms with E-state index in [0.717, 1.165) is 12.0 Å². The molecule has 0 aliphatic carbocycles. The summed E-state index contributed by atoms with van der Waals surface area (Å²) in [6.45, 7) is 6.70. The summed E-state index contributed by atoms with van der Waals surface area (Å²) in [5, 5.41) is 0. The smallest absolute Gasteiger partial charge is 0.296 e. The SMILES string of the molecule is COc1cc(/C=C2\SC(=S)N(c3c(C)n(C)n(-c4ccccc4)c3=O)C2=O)ccc1OCCC(C)C. The van der Waals surface area contributed by atoms with Gasteiger partial charge in [0.1, 0.15) is 5.69 Å². The van der Waals surface area contributed by atoms with Crippen molar-refractivity contribution in [1.82, 2.24) is 9.36 Å². The molecule has 0 atom stereocenters. The normalized spacial score (nSPS) is 14.8. The van der Waals surface area contributed by atoms with Gasteiger partial charge in [0.2, 0.25) is 0 Å². The quantitative estimate of drug-likeness (QED) is 0.294. The molecule has 0 saturated carbocycles. The Morgan fingerprint density at radius 3 is 2.47 bits per heavy atom.